The lowest BCUT2D eigenvalue weighted by atomic mass is 10.2. The normalized spacial score (nSPS) is 9.41. The molecule has 0 heterocycles. The highest BCUT2D eigenvalue weighted by molar-refractivity contribution is 9.10. The van der Waals surface area contributed by atoms with E-state index in [0.29, 0.717) is 24.7 Å². The molecule has 0 aliphatic heterocycles. The summed E-state index contributed by atoms with van der Waals surface area (Å²) in [7, 11) is 0. The SMILES string of the molecule is CC#CCOc1c(Br)cc(CO)cc1OCC. The molecule has 0 fully saturated rings. The van der Waals surface area contributed by atoms with Gasteiger partial charge in [-0.25, -0.2) is 0 Å². The van der Waals surface area contributed by atoms with Gasteiger partial charge in [-0.1, -0.05) is 5.92 Å². The summed E-state index contributed by atoms with van der Waals surface area (Å²) in [6.07, 6.45) is 0. The summed E-state index contributed by atoms with van der Waals surface area (Å²) in [6, 6.07) is 3.57. The summed E-state index contributed by atoms with van der Waals surface area (Å²) < 4.78 is 11.8. The number of rotatable bonds is 5. The molecule has 0 spiro atoms. The van der Waals surface area contributed by atoms with E-state index in [4.69, 9.17) is 14.6 Å². The molecule has 92 valence electrons. The van der Waals surface area contributed by atoms with Crippen LogP contribution in [0.25, 0.3) is 0 Å². The maximum Gasteiger partial charge on any atom is 0.176 e. The minimum Gasteiger partial charge on any atom is -0.490 e. The molecule has 0 bridgehead atoms. The number of ether oxygens (including phenoxy) is 2. The second-order valence-corrected chi connectivity index (χ2v) is 4.07. The van der Waals surface area contributed by atoms with Crippen LogP contribution in [0.5, 0.6) is 11.5 Å². The van der Waals surface area contributed by atoms with Crippen LogP contribution >= 0.6 is 15.9 Å². The first kappa shape index (κ1) is 13.9. The van der Waals surface area contributed by atoms with Crippen molar-refractivity contribution in [3.05, 3.63) is 22.2 Å². The molecule has 1 N–H and O–H groups in total. The van der Waals surface area contributed by atoms with E-state index < -0.39 is 0 Å². The molecule has 1 rings (SSSR count). The van der Waals surface area contributed by atoms with Gasteiger partial charge in [0.15, 0.2) is 11.5 Å². The Morgan fingerprint density at radius 3 is 2.71 bits per heavy atom. The van der Waals surface area contributed by atoms with E-state index in [2.05, 4.69) is 27.8 Å². The van der Waals surface area contributed by atoms with Crippen molar-refractivity contribution < 1.29 is 14.6 Å². The summed E-state index contributed by atoms with van der Waals surface area (Å²) in [6.45, 7) is 4.48. The minimum atomic E-state index is -0.0340. The number of aliphatic hydroxyl groups is 1. The van der Waals surface area contributed by atoms with E-state index in [1.165, 1.54) is 0 Å². The molecular formula is C13H15BrO3. The maximum atomic E-state index is 9.12. The lowest BCUT2D eigenvalue weighted by molar-refractivity contribution is 0.276. The van der Waals surface area contributed by atoms with Crippen molar-refractivity contribution in [3.63, 3.8) is 0 Å². The van der Waals surface area contributed by atoms with Crippen molar-refractivity contribution in [2.45, 2.75) is 20.5 Å². The van der Waals surface area contributed by atoms with Gasteiger partial charge >= 0.3 is 0 Å². The van der Waals surface area contributed by atoms with Crippen LogP contribution in [0.3, 0.4) is 0 Å². The van der Waals surface area contributed by atoms with Crippen LogP contribution in [-0.4, -0.2) is 18.3 Å². The Kier molecular flexibility index (Phi) is 5.88. The Bertz CT molecular complexity index is 432. The molecule has 0 amide bonds. The molecule has 3 nitrogen and oxygen atoms in total. The van der Waals surface area contributed by atoms with Crippen molar-refractivity contribution in [2.75, 3.05) is 13.2 Å². The average Bonchev–Trinajstić information content (AvgIpc) is 2.32. The molecule has 0 saturated heterocycles. The smallest absolute Gasteiger partial charge is 0.176 e. The van der Waals surface area contributed by atoms with Gasteiger partial charge in [0, 0.05) is 0 Å². The third-order valence-electron chi connectivity index (χ3n) is 2.02. The predicted octanol–water partition coefficient (Wildman–Crippen LogP) is 2.74. The summed E-state index contributed by atoms with van der Waals surface area (Å²) in [5, 5.41) is 9.12. The van der Waals surface area contributed by atoms with Crippen LogP contribution in [-0.2, 0) is 6.61 Å². The van der Waals surface area contributed by atoms with Gasteiger partial charge in [0.05, 0.1) is 17.7 Å². The Morgan fingerprint density at radius 1 is 1.35 bits per heavy atom. The van der Waals surface area contributed by atoms with Gasteiger partial charge < -0.3 is 14.6 Å². The highest BCUT2D eigenvalue weighted by Gasteiger charge is 2.11. The van der Waals surface area contributed by atoms with Gasteiger partial charge in [0.2, 0.25) is 0 Å². The summed E-state index contributed by atoms with van der Waals surface area (Å²) in [4.78, 5) is 0. The fourth-order valence-electron chi connectivity index (χ4n) is 1.30. The zero-order valence-corrected chi connectivity index (χ0v) is 11.5. The molecule has 1 aromatic rings. The number of hydrogen-bond acceptors (Lipinski definition) is 3. The van der Waals surface area contributed by atoms with Crippen LogP contribution in [0.2, 0.25) is 0 Å². The molecule has 0 atom stereocenters. The zero-order valence-electron chi connectivity index (χ0n) is 9.92. The predicted molar refractivity (Wildman–Crippen MR) is 70.2 cm³/mol. The van der Waals surface area contributed by atoms with Crippen molar-refractivity contribution >= 4 is 15.9 Å². The molecule has 0 radical (unpaired) electrons. The molecule has 17 heavy (non-hydrogen) atoms. The van der Waals surface area contributed by atoms with Gasteiger partial charge in [-0.15, -0.1) is 5.92 Å². The topological polar surface area (TPSA) is 38.7 Å². The van der Waals surface area contributed by atoms with E-state index in [9.17, 15) is 0 Å². The first-order valence-electron chi connectivity index (χ1n) is 5.31. The van der Waals surface area contributed by atoms with E-state index in [1.807, 2.05) is 6.92 Å². The van der Waals surface area contributed by atoms with E-state index in [-0.39, 0.29) is 6.61 Å². The third-order valence-corrected chi connectivity index (χ3v) is 2.61. The van der Waals surface area contributed by atoms with E-state index >= 15 is 0 Å². The lowest BCUT2D eigenvalue weighted by Crippen LogP contribution is -2.01. The molecular weight excluding hydrogens is 284 g/mol. The first-order valence-corrected chi connectivity index (χ1v) is 6.10. The molecule has 0 saturated carbocycles. The zero-order chi connectivity index (χ0) is 12.7. The maximum absolute atomic E-state index is 9.12. The van der Waals surface area contributed by atoms with Gasteiger partial charge in [0.1, 0.15) is 6.61 Å². The second-order valence-electron chi connectivity index (χ2n) is 3.21. The van der Waals surface area contributed by atoms with Crippen molar-refractivity contribution in [1.29, 1.82) is 0 Å². The Hall–Kier alpha value is -1.18. The van der Waals surface area contributed by atoms with Gasteiger partial charge in [-0.3, -0.25) is 0 Å². The molecule has 0 aromatic heterocycles. The monoisotopic (exact) mass is 298 g/mol. The summed E-state index contributed by atoms with van der Waals surface area (Å²) >= 11 is 3.40. The number of halogens is 1. The van der Waals surface area contributed by atoms with Gasteiger partial charge in [-0.05, 0) is 47.5 Å². The fraction of sp³-hybridized carbons (Fsp3) is 0.385. The standard InChI is InChI=1S/C13H15BrO3/c1-3-5-6-17-13-11(14)7-10(9-15)8-12(13)16-4-2/h7-8,15H,4,6,9H2,1-2H3. The van der Waals surface area contributed by atoms with Gasteiger partial charge in [0.25, 0.3) is 0 Å². The number of aliphatic hydroxyl groups excluding tert-OH is 1. The van der Waals surface area contributed by atoms with E-state index in [0.717, 1.165) is 10.0 Å². The Morgan fingerprint density at radius 2 is 2.12 bits per heavy atom. The Balaban J connectivity index is 3.01. The summed E-state index contributed by atoms with van der Waals surface area (Å²) in [5.41, 5.74) is 0.772. The number of hydrogen-bond donors (Lipinski definition) is 1. The minimum absolute atomic E-state index is 0.0340. The quantitative estimate of drug-likeness (QED) is 0.850. The van der Waals surface area contributed by atoms with Crippen molar-refractivity contribution in [2.24, 2.45) is 0 Å². The second kappa shape index (κ2) is 7.21. The van der Waals surface area contributed by atoms with Crippen LogP contribution in [0, 0.1) is 11.8 Å². The molecule has 0 aliphatic carbocycles. The number of benzene rings is 1. The van der Waals surface area contributed by atoms with Crippen LogP contribution < -0.4 is 9.47 Å². The largest absolute Gasteiger partial charge is 0.490 e. The van der Waals surface area contributed by atoms with Crippen molar-refractivity contribution in [1.82, 2.24) is 0 Å². The third kappa shape index (κ3) is 3.95. The highest BCUT2D eigenvalue weighted by Crippen LogP contribution is 2.36. The van der Waals surface area contributed by atoms with Crippen LogP contribution in [0.1, 0.15) is 19.4 Å². The lowest BCUT2D eigenvalue weighted by Gasteiger charge is -2.13. The molecule has 0 unspecified atom stereocenters. The summed E-state index contributed by atoms with van der Waals surface area (Å²) in [5.74, 6) is 6.82. The first-order chi connectivity index (χ1) is 8.22. The molecule has 4 heteroatoms. The average molecular weight is 299 g/mol. The van der Waals surface area contributed by atoms with Crippen molar-refractivity contribution in [3.8, 4) is 23.3 Å². The fourth-order valence-corrected chi connectivity index (χ4v) is 1.90. The molecule has 0 aliphatic rings. The van der Waals surface area contributed by atoms with E-state index in [1.54, 1.807) is 19.1 Å². The molecule has 1 aromatic carbocycles. The highest BCUT2D eigenvalue weighted by atomic mass is 79.9. The van der Waals surface area contributed by atoms with Crippen LogP contribution in [0.4, 0.5) is 0 Å². The van der Waals surface area contributed by atoms with Crippen LogP contribution in [0.15, 0.2) is 16.6 Å². The van der Waals surface area contributed by atoms with Gasteiger partial charge in [-0.2, -0.15) is 0 Å². The Labute approximate surface area is 110 Å².